The number of anilines is 1. The van der Waals surface area contributed by atoms with Crippen LogP contribution in [0.1, 0.15) is 18.4 Å². The Morgan fingerprint density at radius 2 is 1.48 bits per heavy atom. The first-order valence-corrected chi connectivity index (χ1v) is 8.80. The lowest BCUT2D eigenvalue weighted by atomic mass is 9.69. The average molecular weight is 375 g/mol. The number of urea groups is 1. The third-order valence-electron chi connectivity index (χ3n) is 6.22. The Bertz CT molecular complexity index is 998. The van der Waals surface area contributed by atoms with E-state index >= 15 is 0 Å². The van der Waals surface area contributed by atoms with Crippen LogP contribution in [0.3, 0.4) is 0 Å². The molecule has 4 rings (SSSR count). The van der Waals surface area contributed by atoms with Crippen molar-refractivity contribution in [3.05, 3.63) is 26.4 Å². The van der Waals surface area contributed by atoms with Crippen molar-refractivity contribution in [2.24, 2.45) is 19.5 Å². The summed E-state index contributed by atoms with van der Waals surface area (Å²) in [6.45, 7) is 0.530. The molecule has 4 amide bonds. The molecule has 3 aliphatic heterocycles. The third kappa shape index (κ3) is 1.87. The van der Waals surface area contributed by atoms with E-state index in [1.807, 2.05) is 4.90 Å². The van der Waals surface area contributed by atoms with Gasteiger partial charge in [-0.05, 0) is 12.8 Å². The number of carbonyl (C=O) groups is 3. The Morgan fingerprint density at radius 1 is 0.889 bits per heavy atom. The largest absolute Gasteiger partial charge is 0.353 e. The number of aromatic nitrogens is 2. The zero-order valence-electron chi connectivity index (χ0n) is 15.7. The van der Waals surface area contributed by atoms with Gasteiger partial charge in [-0.1, -0.05) is 0 Å². The van der Waals surface area contributed by atoms with Crippen molar-refractivity contribution < 1.29 is 14.4 Å². The lowest BCUT2D eigenvalue weighted by Crippen LogP contribution is -2.71. The van der Waals surface area contributed by atoms with Gasteiger partial charge in [0.05, 0.1) is 11.6 Å². The number of barbiturate groups is 1. The highest BCUT2D eigenvalue weighted by molar-refractivity contribution is 6.20. The summed E-state index contributed by atoms with van der Waals surface area (Å²) in [5.74, 6) is -0.706. The third-order valence-corrected chi connectivity index (χ3v) is 6.22. The van der Waals surface area contributed by atoms with Crippen molar-refractivity contribution in [2.45, 2.75) is 25.3 Å². The number of rotatable bonds is 0. The SMILES string of the molecule is CN1C(=O)N(C)C(=O)C2(Cc3c(n(C)c(=O)n(C)c3=O)N3CCCC32)C1=O. The number of nitrogens with zero attached hydrogens (tertiary/aromatic N) is 5. The number of fused-ring (bicyclic) bond motifs is 4. The van der Waals surface area contributed by atoms with Gasteiger partial charge in [-0.25, -0.2) is 9.59 Å². The number of hydrogen-bond donors (Lipinski definition) is 0. The first-order valence-electron chi connectivity index (χ1n) is 8.80. The molecule has 4 heterocycles. The van der Waals surface area contributed by atoms with Crippen molar-refractivity contribution in [1.29, 1.82) is 0 Å². The second-order valence-electron chi connectivity index (χ2n) is 7.52. The molecule has 1 aromatic heterocycles. The molecule has 27 heavy (non-hydrogen) atoms. The normalized spacial score (nSPS) is 23.9. The molecule has 1 atom stereocenters. The molecule has 0 bridgehead atoms. The van der Waals surface area contributed by atoms with Gasteiger partial charge in [-0.2, -0.15) is 0 Å². The van der Waals surface area contributed by atoms with Gasteiger partial charge in [-0.15, -0.1) is 0 Å². The highest BCUT2D eigenvalue weighted by Gasteiger charge is 2.64. The molecule has 1 spiro atoms. The first kappa shape index (κ1) is 17.5. The van der Waals surface area contributed by atoms with Gasteiger partial charge >= 0.3 is 11.7 Å². The Hall–Kier alpha value is -2.91. The maximum atomic E-state index is 13.2. The van der Waals surface area contributed by atoms with Crippen molar-refractivity contribution in [2.75, 3.05) is 25.5 Å². The number of imide groups is 2. The fourth-order valence-electron chi connectivity index (χ4n) is 4.88. The minimum Gasteiger partial charge on any atom is -0.353 e. The number of amides is 4. The van der Waals surface area contributed by atoms with E-state index in [1.165, 1.54) is 25.7 Å². The predicted molar refractivity (Wildman–Crippen MR) is 94.4 cm³/mol. The van der Waals surface area contributed by atoms with Gasteiger partial charge in [0.15, 0.2) is 5.41 Å². The molecular formula is C17H21N5O5. The molecule has 0 radical (unpaired) electrons. The van der Waals surface area contributed by atoms with Crippen LogP contribution in [-0.4, -0.2) is 63.5 Å². The van der Waals surface area contributed by atoms with E-state index in [-0.39, 0.29) is 12.0 Å². The molecule has 1 aromatic rings. The molecule has 0 aromatic carbocycles. The lowest BCUT2D eigenvalue weighted by molar-refractivity contribution is -0.159. The van der Waals surface area contributed by atoms with E-state index in [9.17, 15) is 24.0 Å². The van der Waals surface area contributed by atoms with Gasteiger partial charge < -0.3 is 4.90 Å². The van der Waals surface area contributed by atoms with Crippen molar-refractivity contribution in [3.63, 3.8) is 0 Å². The number of hydrogen-bond acceptors (Lipinski definition) is 6. The van der Waals surface area contributed by atoms with Crippen LogP contribution in [0.2, 0.25) is 0 Å². The maximum absolute atomic E-state index is 13.2. The van der Waals surface area contributed by atoms with Gasteiger partial charge in [0, 0.05) is 41.2 Å². The first-order chi connectivity index (χ1) is 12.6. The Morgan fingerprint density at radius 3 is 2.07 bits per heavy atom. The maximum Gasteiger partial charge on any atom is 0.332 e. The monoisotopic (exact) mass is 375 g/mol. The van der Waals surface area contributed by atoms with Gasteiger partial charge in [-0.3, -0.25) is 33.3 Å². The van der Waals surface area contributed by atoms with Crippen LogP contribution in [0, 0.1) is 5.41 Å². The van der Waals surface area contributed by atoms with Crippen molar-refractivity contribution in [1.82, 2.24) is 18.9 Å². The second-order valence-corrected chi connectivity index (χ2v) is 7.52. The minimum absolute atomic E-state index is 0.121. The molecule has 1 unspecified atom stereocenters. The van der Waals surface area contributed by atoms with E-state index in [0.29, 0.717) is 18.8 Å². The van der Waals surface area contributed by atoms with E-state index in [4.69, 9.17) is 0 Å². The lowest BCUT2D eigenvalue weighted by Gasteiger charge is -2.50. The Labute approximate surface area is 154 Å². The molecule has 10 heteroatoms. The summed E-state index contributed by atoms with van der Waals surface area (Å²) in [5, 5.41) is 0. The van der Waals surface area contributed by atoms with Crippen LogP contribution in [0.25, 0.3) is 0 Å². The van der Waals surface area contributed by atoms with Crippen LogP contribution in [-0.2, 0) is 30.1 Å². The average Bonchev–Trinajstić information content (AvgIpc) is 3.15. The van der Waals surface area contributed by atoms with E-state index in [2.05, 4.69) is 0 Å². The van der Waals surface area contributed by atoms with Crippen LogP contribution in [0.15, 0.2) is 9.59 Å². The summed E-state index contributed by atoms with van der Waals surface area (Å²) in [7, 11) is 5.66. The highest BCUT2D eigenvalue weighted by Crippen LogP contribution is 2.47. The quantitative estimate of drug-likeness (QED) is 0.519. The van der Waals surface area contributed by atoms with Gasteiger partial charge in [0.25, 0.3) is 5.56 Å². The zero-order valence-corrected chi connectivity index (χ0v) is 15.7. The smallest absolute Gasteiger partial charge is 0.332 e. The molecule has 2 saturated heterocycles. The molecule has 3 aliphatic rings. The van der Waals surface area contributed by atoms with E-state index < -0.39 is 40.6 Å². The van der Waals surface area contributed by atoms with E-state index in [0.717, 1.165) is 20.8 Å². The second kappa shape index (κ2) is 5.30. The summed E-state index contributed by atoms with van der Waals surface area (Å²) >= 11 is 0. The minimum atomic E-state index is -1.54. The van der Waals surface area contributed by atoms with Crippen LogP contribution in [0.5, 0.6) is 0 Å². The molecular weight excluding hydrogens is 354 g/mol. The molecule has 144 valence electrons. The molecule has 0 saturated carbocycles. The Balaban J connectivity index is 2.04. The van der Waals surface area contributed by atoms with Crippen LogP contribution < -0.4 is 16.1 Å². The standard InChI is InChI=1S/C17H21N5O5/c1-18-11-9(12(23)19(2)15(18)26)8-17(10-6-5-7-22(10)11)13(24)20(3)16(27)21(4)14(17)25/h10H,5-8H2,1-4H3. The van der Waals surface area contributed by atoms with Crippen LogP contribution in [0.4, 0.5) is 10.6 Å². The fourth-order valence-corrected chi connectivity index (χ4v) is 4.88. The van der Waals surface area contributed by atoms with Crippen LogP contribution >= 0.6 is 0 Å². The van der Waals surface area contributed by atoms with Gasteiger partial charge in [0.1, 0.15) is 5.82 Å². The molecule has 0 N–H and O–H groups in total. The summed E-state index contributed by atoms with van der Waals surface area (Å²) < 4.78 is 2.39. The summed E-state index contributed by atoms with van der Waals surface area (Å²) in [4.78, 5) is 67.6. The number of carbonyl (C=O) groups excluding carboxylic acids is 3. The topological polar surface area (TPSA) is 105 Å². The fraction of sp³-hybridized carbons (Fsp3) is 0.588. The zero-order chi connectivity index (χ0) is 19.8. The van der Waals surface area contributed by atoms with E-state index in [1.54, 1.807) is 7.05 Å². The predicted octanol–water partition coefficient (Wildman–Crippen LogP) is -1.35. The highest BCUT2D eigenvalue weighted by atomic mass is 16.2. The summed E-state index contributed by atoms with van der Waals surface area (Å²) in [6, 6.07) is -1.18. The Kier molecular flexibility index (Phi) is 3.44. The van der Waals surface area contributed by atoms with Gasteiger partial charge in [0.2, 0.25) is 11.8 Å². The summed E-state index contributed by atoms with van der Waals surface area (Å²) in [6.07, 6.45) is 1.16. The van der Waals surface area contributed by atoms with Crippen molar-refractivity contribution >= 4 is 23.7 Å². The van der Waals surface area contributed by atoms with Crippen molar-refractivity contribution in [3.8, 4) is 0 Å². The molecule has 2 fully saturated rings. The molecule has 0 aliphatic carbocycles. The molecule has 10 nitrogen and oxygen atoms in total. The summed E-state index contributed by atoms with van der Waals surface area (Å²) in [5.41, 5.74) is -2.24.